The molecule has 0 saturated carbocycles. The molecular weight excluding hydrogens is 348 g/mol. The van der Waals surface area contributed by atoms with Crippen LogP contribution in [0.1, 0.15) is 31.0 Å². The topological polar surface area (TPSA) is 61.0 Å². The van der Waals surface area contributed by atoms with Gasteiger partial charge in [-0.2, -0.15) is 5.26 Å². The Labute approximate surface area is 166 Å². The van der Waals surface area contributed by atoms with Crippen LogP contribution < -0.4 is 4.90 Å². The summed E-state index contributed by atoms with van der Waals surface area (Å²) in [6, 6.07) is 13.2. The maximum atomic E-state index is 9.48. The number of benzene rings is 1. The molecule has 1 aliphatic heterocycles. The average molecular weight is 374 g/mol. The van der Waals surface area contributed by atoms with E-state index in [0.29, 0.717) is 5.56 Å². The highest BCUT2D eigenvalue weighted by molar-refractivity contribution is 5.91. The number of hydrogen-bond donors (Lipinski definition) is 0. The van der Waals surface area contributed by atoms with E-state index >= 15 is 0 Å². The summed E-state index contributed by atoms with van der Waals surface area (Å²) in [5, 5.41) is 9.48. The first-order chi connectivity index (χ1) is 13.7. The summed E-state index contributed by atoms with van der Waals surface area (Å²) in [5.74, 6) is 0.947. The molecule has 2 aromatic heterocycles. The fourth-order valence-corrected chi connectivity index (χ4v) is 3.90. The third kappa shape index (κ3) is 3.58. The zero-order valence-electron chi connectivity index (χ0n) is 16.5. The van der Waals surface area contributed by atoms with Gasteiger partial charge in [-0.3, -0.25) is 4.90 Å². The Morgan fingerprint density at radius 2 is 1.82 bits per heavy atom. The zero-order valence-corrected chi connectivity index (χ0v) is 16.5. The SMILES string of the molecule is CC(C)n1cc(C#N)c2ncnc(N3CCN(CCc4ccccc4)CC3)c21. The highest BCUT2D eigenvalue weighted by Gasteiger charge is 2.23. The molecule has 1 fully saturated rings. The van der Waals surface area contributed by atoms with Crippen molar-refractivity contribution in [1.82, 2.24) is 19.4 Å². The van der Waals surface area contributed by atoms with E-state index in [2.05, 4.69) is 74.6 Å². The highest BCUT2D eigenvalue weighted by Crippen LogP contribution is 2.30. The minimum absolute atomic E-state index is 0.251. The molecule has 1 saturated heterocycles. The summed E-state index contributed by atoms with van der Waals surface area (Å²) in [4.78, 5) is 13.9. The van der Waals surface area contributed by atoms with Crippen molar-refractivity contribution in [3.05, 3.63) is 54.0 Å². The van der Waals surface area contributed by atoms with Gasteiger partial charge in [0.05, 0.1) is 5.56 Å². The average Bonchev–Trinajstić information content (AvgIpc) is 3.13. The molecule has 0 bridgehead atoms. The standard InChI is InChI=1S/C22H26N6/c1-17(2)28-15-19(14-23)20-21(28)22(25-16-24-20)27-12-10-26(11-13-27)9-8-18-6-4-3-5-7-18/h3-7,15-17H,8-13H2,1-2H3. The molecule has 0 unspecified atom stereocenters. The number of nitrogens with zero attached hydrogens (tertiary/aromatic N) is 6. The largest absolute Gasteiger partial charge is 0.352 e. The van der Waals surface area contributed by atoms with E-state index < -0.39 is 0 Å². The predicted molar refractivity (Wildman–Crippen MR) is 111 cm³/mol. The van der Waals surface area contributed by atoms with Gasteiger partial charge in [-0.1, -0.05) is 30.3 Å². The first kappa shape index (κ1) is 18.5. The van der Waals surface area contributed by atoms with E-state index in [4.69, 9.17) is 0 Å². The maximum absolute atomic E-state index is 9.48. The monoisotopic (exact) mass is 374 g/mol. The van der Waals surface area contributed by atoms with Crippen molar-refractivity contribution in [3.8, 4) is 6.07 Å². The third-order valence-electron chi connectivity index (χ3n) is 5.49. The van der Waals surface area contributed by atoms with Gasteiger partial charge in [-0.05, 0) is 25.8 Å². The lowest BCUT2D eigenvalue weighted by Gasteiger charge is -2.35. The summed E-state index contributed by atoms with van der Waals surface area (Å²) >= 11 is 0. The van der Waals surface area contributed by atoms with Crippen molar-refractivity contribution in [2.24, 2.45) is 0 Å². The number of fused-ring (bicyclic) bond motifs is 1. The van der Waals surface area contributed by atoms with Gasteiger partial charge in [0.25, 0.3) is 0 Å². The Bertz CT molecular complexity index is 977. The quantitative estimate of drug-likeness (QED) is 0.686. The molecule has 0 N–H and O–H groups in total. The lowest BCUT2D eigenvalue weighted by molar-refractivity contribution is 0.260. The van der Waals surface area contributed by atoms with Crippen molar-refractivity contribution in [3.63, 3.8) is 0 Å². The van der Waals surface area contributed by atoms with E-state index in [-0.39, 0.29) is 6.04 Å². The summed E-state index contributed by atoms with van der Waals surface area (Å²) in [6.45, 7) is 9.24. The van der Waals surface area contributed by atoms with Crippen molar-refractivity contribution in [1.29, 1.82) is 5.26 Å². The van der Waals surface area contributed by atoms with Crippen LogP contribution >= 0.6 is 0 Å². The van der Waals surface area contributed by atoms with Gasteiger partial charge in [0, 0.05) is 45.0 Å². The second-order valence-corrected chi connectivity index (χ2v) is 7.61. The third-order valence-corrected chi connectivity index (χ3v) is 5.49. The van der Waals surface area contributed by atoms with Gasteiger partial charge < -0.3 is 9.47 Å². The molecule has 6 nitrogen and oxygen atoms in total. The summed E-state index contributed by atoms with van der Waals surface area (Å²) in [6.07, 6.45) is 4.58. The van der Waals surface area contributed by atoms with Crippen molar-refractivity contribution in [2.45, 2.75) is 26.3 Å². The highest BCUT2D eigenvalue weighted by atomic mass is 15.3. The normalized spacial score (nSPS) is 15.3. The van der Waals surface area contributed by atoms with E-state index in [9.17, 15) is 5.26 Å². The van der Waals surface area contributed by atoms with Crippen LogP contribution in [0.3, 0.4) is 0 Å². The fourth-order valence-electron chi connectivity index (χ4n) is 3.90. The number of aromatic nitrogens is 3. The van der Waals surface area contributed by atoms with E-state index in [0.717, 1.165) is 56.0 Å². The molecule has 0 amide bonds. The van der Waals surface area contributed by atoms with E-state index in [1.807, 2.05) is 6.20 Å². The van der Waals surface area contributed by atoms with Crippen LogP contribution in [0.5, 0.6) is 0 Å². The molecule has 3 heterocycles. The number of anilines is 1. The minimum Gasteiger partial charge on any atom is -0.352 e. The first-order valence-electron chi connectivity index (χ1n) is 9.94. The molecular formula is C22H26N6. The maximum Gasteiger partial charge on any atom is 0.156 e. The van der Waals surface area contributed by atoms with Crippen LogP contribution in [0.4, 0.5) is 5.82 Å². The number of nitriles is 1. The van der Waals surface area contributed by atoms with Gasteiger partial charge in [0.2, 0.25) is 0 Å². The molecule has 1 aliphatic rings. The van der Waals surface area contributed by atoms with Crippen LogP contribution in [-0.2, 0) is 6.42 Å². The van der Waals surface area contributed by atoms with Crippen molar-refractivity contribution >= 4 is 16.9 Å². The molecule has 0 aliphatic carbocycles. The fraction of sp³-hybridized carbons (Fsp3) is 0.409. The first-order valence-corrected chi connectivity index (χ1v) is 9.94. The second-order valence-electron chi connectivity index (χ2n) is 7.61. The second kappa shape index (κ2) is 7.99. The van der Waals surface area contributed by atoms with Crippen LogP contribution in [0.2, 0.25) is 0 Å². The van der Waals surface area contributed by atoms with Gasteiger partial charge in [-0.15, -0.1) is 0 Å². The molecule has 3 aromatic rings. The minimum atomic E-state index is 0.251. The summed E-state index contributed by atoms with van der Waals surface area (Å²) in [7, 11) is 0. The van der Waals surface area contributed by atoms with Gasteiger partial charge in [0.15, 0.2) is 5.82 Å². The Kier molecular flexibility index (Phi) is 5.27. The lowest BCUT2D eigenvalue weighted by Crippen LogP contribution is -2.47. The van der Waals surface area contributed by atoms with Crippen LogP contribution in [0.15, 0.2) is 42.9 Å². The summed E-state index contributed by atoms with van der Waals surface area (Å²) in [5.41, 5.74) is 3.74. The molecule has 0 atom stereocenters. The van der Waals surface area contributed by atoms with E-state index in [1.54, 1.807) is 6.33 Å². The Morgan fingerprint density at radius 1 is 1.07 bits per heavy atom. The van der Waals surface area contributed by atoms with Crippen molar-refractivity contribution < 1.29 is 0 Å². The predicted octanol–water partition coefficient (Wildman–Crippen LogP) is 3.25. The number of hydrogen-bond acceptors (Lipinski definition) is 5. The van der Waals surface area contributed by atoms with Crippen molar-refractivity contribution in [2.75, 3.05) is 37.6 Å². The zero-order chi connectivity index (χ0) is 19.5. The number of rotatable bonds is 5. The molecule has 4 rings (SSSR count). The lowest BCUT2D eigenvalue weighted by atomic mass is 10.1. The Balaban J connectivity index is 1.50. The number of piperazine rings is 1. The molecule has 6 heteroatoms. The Hall–Kier alpha value is -2.91. The van der Waals surface area contributed by atoms with E-state index in [1.165, 1.54) is 5.56 Å². The molecule has 1 aromatic carbocycles. The van der Waals surface area contributed by atoms with Gasteiger partial charge in [0.1, 0.15) is 23.4 Å². The van der Waals surface area contributed by atoms with Crippen LogP contribution in [0, 0.1) is 11.3 Å². The molecule has 0 radical (unpaired) electrons. The molecule has 144 valence electrons. The smallest absolute Gasteiger partial charge is 0.156 e. The Morgan fingerprint density at radius 3 is 2.50 bits per heavy atom. The molecule has 28 heavy (non-hydrogen) atoms. The van der Waals surface area contributed by atoms with Crippen LogP contribution in [0.25, 0.3) is 11.0 Å². The van der Waals surface area contributed by atoms with Gasteiger partial charge in [-0.25, -0.2) is 9.97 Å². The summed E-state index contributed by atoms with van der Waals surface area (Å²) < 4.78 is 2.13. The van der Waals surface area contributed by atoms with Gasteiger partial charge >= 0.3 is 0 Å². The molecule has 0 spiro atoms. The van der Waals surface area contributed by atoms with Crippen LogP contribution in [-0.4, -0.2) is 52.2 Å².